The van der Waals surface area contributed by atoms with Crippen LogP contribution < -0.4 is 5.73 Å². The summed E-state index contributed by atoms with van der Waals surface area (Å²) < 4.78 is 1.87. The van der Waals surface area contributed by atoms with Gasteiger partial charge in [0.1, 0.15) is 11.2 Å². The summed E-state index contributed by atoms with van der Waals surface area (Å²) in [6.45, 7) is 11.3. The average molecular weight is 463 g/mol. The molecule has 6 rings (SSSR count). The number of hydrogen-bond donors (Lipinski definition) is 2. The number of aromatic amines is 1. The zero-order chi connectivity index (χ0) is 23.1. The fourth-order valence-corrected chi connectivity index (χ4v) is 7.72. The lowest BCUT2D eigenvalue weighted by atomic mass is 9.89. The van der Waals surface area contributed by atoms with E-state index in [2.05, 4.69) is 59.9 Å². The molecule has 2 fully saturated rings. The molecule has 5 heterocycles. The lowest BCUT2D eigenvalue weighted by Gasteiger charge is -2.30. The number of nitrogens with two attached hydrogens (primary N) is 1. The molecule has 0 radical (unpaired) electrons. The number of H-pyrrole nitrogens is 1. The van der Waals surface area contributed by atoms with Gasteiger partial charge in [0.2, 0.25) is 5.91 Å². The molecule has 2 aliphatic rings. The van der Waals surface area contributed by atoms with Crippen LogP contribution in [0.15, 0.2) is 18.6 Å². The van der Waals surface area contributed by atoms with Gasteiger partial charge >= 0.3 is 0 Å². The highest BCUT2D eigenvalue weighted by atomic mass is 32.1. The highest BCUT2D eigenvalue weighted by Crippen LogP contribution is 2.62. The molecule has 8 heteroatoms. The van der Waals surface area contributed by atoms with E-state index in [1.54, 1.807) is 11.2 Å². The van der Waals surface area contributed by atoms with Crippen LogP contribution in [0.3, 0.4) is 0 Å². The Balaban J connectivity index is 1.42. The second kappa shape index (κ2) is 7.14. The lowest BCUT2D eigenvalue weighted by Crippen LogP contribution is -2.41. The number of rotatable bonds is 5. The number of aromatic nitrogens is 4. The van der Waals surface area contributed by atoms with Gasteiger partial charge in [0.05, 0.1) is 12.2 Å². The maximum absolute atomic E-state index is 11.4. The summed E-state index contributed by atoms with van der Waals surface area (Å²) in [5, 5.41) is 5.77. The summed E-state index contributed by atoms with van der Waals surface area (Å²) in [7, 11) is 0. The van der Waals surface area contributed by atoms with Crippen LogP contribution in [-0.4, -0.2) is 50.0 Å². The molecule has 33 heavy (non-hydrogen) atoms. The molecule has 1 aliphatic heterocycles. The van der Waals surface area contributed by atoms with Crippen LogP contribution in [0.4, 0.5) is 0 Å². The van der Waals surface area contributed by atoms with Crippen molar-refractivity contribution in [1.82, 2.24) is 24.5 Å². The van der Waals surface area contributed by atoms with Crippen LogP contribution in [0, 0.1) is 19.8 Å². The largest absolute Gasteiger partial charge is 0.369 e. The first kappa shape index (κ1) is 20.9. The molecule has 1 aliphatic carbocycles. The summed E-state index contributed by atoms with van der Waals surface area (Å²) in [4.78, 5) is 24.6. The van der Waals surface area contributed by atoms with Gasteiger partial charge in [-0.25, -0.2) is 9.50 Å². The Labute approximate surface area is 197 Å². The third-order valence-corrected chi connectivity index (χ3v) is 9.19. The zero-order valence-electron chi connectivity index (χ0n) is 19.6. The van der Waals surface area contributed by atoms with Gasteiger partial charge in [-0.05, 0) is 67.8 Å². The third kappa shape index (κ3) is 3.07. The van der Waals surface area contributed by atoms with Crippen LogP contribution in [0.2, 0.25) is 0 Å². The van der Waals surface area contributed by atoms with Crippen LogP contribution >= 0.6 is 11.3 Å². The highest BCUT2D eigenvalue weighted by molar-refractivity contribution is 7.19. The number of likely N-dealkylation sites (tertiary alicyclic amines) is 1. The molecule has 0 spiro atoms. The minimum Gasteiger partial charge on any atom is -0.369 e. The van der Waals surface area contributed by atoms with Gasteiger partial charge < -0.3 is 10.7 Å². The van der Waals surface area contributed by atoms with Gasteiger partial charge in [0.15, 0.2) is 5.65 Å². The molecular formula is C25H30N6OS. The van der Waals surface area contributed by atoms with E-state index in [9.17, 15) is 4.79 Å². The Morgan fingerprint density at radius 1 is 1.39 bits per heavy atom. The highest BCUT2D eigenvalue weighted by Gasteiger charge is 2.59. The minimum atomic E-state index is -0.225. The van der Waals surface area contributed by atoms with Crippen molar-refractivity contribution >= 4 is 33.1 Å². The van der Waals surface area contributed by atoms with E-state index in [-0.39, 0.29) is 11.3 Å². The number of hydrogen-bond acceptors (Lipinski definition) is 5. The third-order valence-electron chi connectivity index (χ3n) is 7.77. The predicted octanol–water partition coefficient (Wildman–Crippen LogP) is 4.13. The van der Waals surface area contributed by atoms with Gasteiger partial charge in [-0.15, -0.1) is 11.3 Å². The number of nitrogens with zero attached hydrogens (tertiary/aromatic N) is 4. The molecule has 4 aromatic heterocycles. The van der Waals surface area contributed by atoms with Crippen LogP contribution in [0.25, 0.3) is 27.1 Å². The van der Waals surface area contributed by atoms with E-state index in [4.69, 9.17) is 5.73 Å². The van der Waals surface area contributed by atoms with Gasteiger partial charge in [0.25, 0.3) is 0 Å². The smallest absolute Gasteiger partial charge is 0.231 e. The predicted molar refractivity (Wildman–Crippen MR) is 132 cm³/mol. The molecule has 0 bridgehead atoms. The summed E-state index contributed by atoms with van der Waals surface area (Å²) in [6, 6.07) is 2.21. The van der Waals surface area contributed by atoms with Crippen molar-refractivity contribution in [2.45, 2.75) is 51.9 Å². The fraction of sp³-hybridized carbons (Fsp3) is 0.480. The maximum Gasteiger partial charge on any atom is 0.231 e. The molecule has 7 nitrogen and oxygen atoms in total. The minimum absolute atomic E-state index is 0.225. The summed E-state index contributed by atoms with van der Waals surface area (Å²) in [5.74, 6) is 0.801. The average Bonchev–Trinajstić information content (AvgIpc) is 3.06. The lowest BCUT2D eigenvalue weighted by molar-refractivity contribution is -0.119. The van der Waals surface area contributed by atoms with E-state index < -0.39 is 0 Å². The Hall–Kier alpha value is -2.71. The molecule has 1 saturated carbocycles. The number of carbonyl (C=O) groups excluding carboxylic acids is 1. The normalized spacial score (nSPS) is 23.0. The first-order chi connectivity index (χ1) is 15.8. The number of nitrogens with one attached hydrogen (secondary N) is 1. The number of pyridine rings is 1. The number of carbonyl (C=O) groups is 1. The van der Waals surface area contributed by atoms with Crippen LogP contribution in [0.1, 0.15) is 54.2 Å². The Kier molecular flexibility index (Phi) is 4.52. The monoisotopic (exact) mass is 462 g/mol. The topological polar surface area (TPSA) is 92.3 Å². The molecule has 1 saturated heterocycles. The van der Waals surface area contributed by atoms with Gasteiger partial charge in [0, 0.05) is 34.0 Å². The summed E-state index contributed by atoms with van der Waals surface area (Å²) in [5.41, 5.74) is 12.9. The van der Waals surface area contributed by atoms with Crippen molar-refractivity contribution in [2.24, 2.45) is 11.7 Å². The number of primary amides is 1. The SMILES string of the molecule is Cc1c(C23CCN(CC(N)=O)CC2C3)sc2[nH]c(-c3cc(C)c4ncnn4c3)c(C(C)C)c12. The Bertz CT molecular complexity index is 1410. The first-order valence-corrected chi connectivity index (χ1v) is 12.6. The Morgan fingerprint density at radius 2 is 2.21 bits per heavy atom. The molecule has 3 N–H and O–H groups in total. The van der Waals surface area contributed by atoms with E-state index in [1.165, 1.54) is 33.5 Å². The van der Waals surface area contributed by atoms with Crippen LogP contribution in [-0.2, 0) is 10.2 Å². The Morgan fingerprint density at radius 3 is 2.94 bits per heavy atom. The molecule has 0 aromatic carbocycles. The molecular weight excluding hydrogens is 432 g/mol. The summed E-state index contributed by atoms with van der Waals surface area (Å²) in [6.07, 6.45) is 6.02. The van der Waals surface area contributed by atoms with E-state index >= 15 is 0 Å². The van der Waals surface area contributed by atoms with E-state index in [0.29, 0.717) is 18.4 Å². The maximum atomic E-state index is 11.4. The number of aryl methyl sites for hydroxylation is 2. The van der Waals surface area contributed by atoms with Crippen molar-refractivity contribution in [3.63, 3.8) is 0 Å². The van der Waals surface area contributed by atoms with Gasteiger partial charge in [-0.2, -0.15) is 5.10 Å². The number of thiophene rings is 1. The number of piperidine rings is 1. The zero-order valence-corrected chi connectivity index (χ0v) is 20.4. The van der Waals surface area contributed by atoms with Gasteiger partial charge in [-0.3, -0.25) is 9.69 Å². The van der Waals surface area contributed by atoms with Crippen molar-refractivity contribution in [3.05, 3.63) is 40.2 Å². The second-order valence-electron chi connectivity index (χ2n) is 10.3. The molecule has 1 amide bonds. The van der Waals surface area contributed by atoms with Crippen molar-refractivity contribution in [2.75, 3.05) is 19.6 Å². The quantitative estimate of drug-likeness (QED) is 0.466. The van der Waals surface area contributed by atoms with E-state index in [0.717, 1.165) is 36.3 Å². The van der Waals surface area contributed by atoms with Crippen molar-refractivity contribution < 1.29 is 4.79 Å². The standard InChI is InChI=1S/C25H30N6OS/c1-13(2)19-20-15(4)22(25-5-6-30(11-18(26)32)10-17(25)8-25)33-24(20)29-21(19)16-7-14(3)23-27-12-28-31(23)9-16/h7,9,12-13,17,29H,5-6,8,10-11H2,1-4H3,(H2,26,32). The number of amides is 1. The second-order valence-corrected chi connectivity index (χ2v) is 11.3. The van der Waals surface area contributed by atoms with Gasteiger partial charge in [-0.1, -0.05) is 13.8 Å². The van der Waals surface area contributed by atoms with E-state index in [1.807, 2.05) is 15.9 Å². The van der Waals surface area contributed by atoms with Crippen molar-refractivity contribution in [1.29, 1.82) is 0 Å². The summed E-state index contributed by atoms with van der Waals surface area (Å²) >= 11 is 1.94. The fourth-order valence-electron chi connectivity index (χ4n) is 6.18. The molecule has 172 valence electrons. The van der Waals surface area contributed by atoms with Crippen LogP contribution in [0.5, 0.6) is 0 Å². The molecule has 2 unspecified atom stereocenters. The first-order valence-electron chi connectivity index (χ1n) is 11.7. The molecule has 2 atom stereocenters. The number of fused-ring (bicyclic) bond motifs is 3. The molecule has 4 aromatic rings. The van der Waals surface area contributed by atoms with Crippen molar-refractivity contribution in [3.8, 4) is 11.3 Å².